The summed E-state index contributed by atoms with van der Waals surface area (Å²) in [6, 6.07) is 8.53. The van der Waals surface area contributed by atoms with Gasteiger partial charge in [0.1, 0.15) is 0 Å². The minimum absolute atomic E-state index is 0.0704. The zero-order valence-electron chi connectivity index (χ0n) is 11.6. The van der Waals surface area contributed by atoms with E-state index in [4.69, 9.17) is 4.42 Å². The summed E-state index contributed by atoms with van der Waals surface area (Å²) in [5, 5.41) is 15.9. The Hall–Kier alpha value is -3.16. The fraction of sp³-hybridized carbons (Fsp3) is 0.143. The molecule has 1 amide bonds. The summed E-state index contributed by atoms with van der Waals surface area (Å²) in [7, 11) is 0. The van der Waals surface area contributed by atoms with Gasteiger partial charge in [-0.25, -0.2) is 0 Å². The Labute approximate surface area is 125 Å². The van der Waals surface area contributed by atoms with E-state index in [0.29, 0.717) is 5.69 Å². The van der Waals surface area contributed by atoms with Crippen molar-refractivity contribution in [2.75, 3.05) is 5.32 Å². The second-order valence-corrected chi connectivity index (χ2v) is 4.42. The Balaban J connectivity index is 2.17. The number of nitrogens with one attached hydrogen (secondary N) is 2. The second kappa shape index (κ2) is 6.53. The molecule has 0 aliphatic rings. The summed E-state index contributed by atoms with van der Waals surface area (Å²) in [5.74, 6) is -0.772. The van der Waals surface area contributed by atoms with Crippen LogP contribution in [0.5, 0.6) is 0 Å². The number of amides is 1. The Bertz CT molecular complexity index is 679. The van der Waals surface area contributed by atoms with Gasteiger partial charge < -0.3 is 15.1 Å². The molecule has 0 fully saturated rings. The van der Waals surface area contributed by atoms with E-state index >= 15 is 0 Å². The summed E-state index contributed by atoms with van der Waals surface area (Å²) in [6.07, 6.45) is 0.314. The maximum atomic E-state index is 12.2. The quantitative estimate of drug-likeness (QED) is 0.365. The largest absolute Gasteiger partial charge is 0.461 e. The van der Waals surface area contributed by atoms with Crippen LogP contribution in [0.3, 0.4) is 0 Å². The van der Waals surface area contributed by atoms with Crippen molar-refractivity contribution in [3.8, 4) is 0 Å². The van der Waals surface area contributed by atoms with Crippen molar-refractivity contribution in [2.24, 2.45) is 0 Å². The molecule has 1 aromatic carbocycles. The van der Waals surface area contributed by atoms with Gasteiger partial charge in [0.15, 0.2) is 11.9 Å². The predicted octanol–water partition coefficient (Wildman–Crippen LogP) is 1.94. The Morgan fingerprint density at radius 2 is 1.91 bits per heavy atom. The molecule has 1 aromatic heterocycles. The molecule has 1 atom stereocenters. The van der Waals surface area contributed by atoms with E-state index < -0.39 is 22.8 Å². The van der Waals surface area contributed by atoms with Crippen LogP contribution in [0.4, 0.5) is 11.4 Å². The van der Waals surface area contributed by atoms with Crippen molar-refractivity contribution in [2.45, 2.75) is 13.1 Å². The van der Waals surface area contributed by atoms with Gasteiger partial charge in [-0.1, -0.05) is 0 Å². The standard InChI is InChI=1S/C14H13N3O5/c1-9(18)15-14(13(19)12-3-2-8-22-12)16-10-4-6-11(7-5-10)17(20)21/h2-8,14,16H,1H3,(H,15,18)/t14-/m0/s1. The SMILES string of the molecule is CC(=O)N[C@@H](Nc1ccc([N+](=O)[O-])cc1)C(=O)c1ccco1. The highest BCUT2D eigenvalue weighted by Crippen LogP contribution is 2.16. The van der Waals surface area contributed by atoms with Crippen LogP contribution in [0.1, 0.15) is 17.5 Å². The number of carbonyl (C=O) groups is 2. The van der Waals surface area contributed by atoms with E-state index in [1.165, 1.54) is 43.5 Å². The lowest BCUT2D eigenvalue weighted by molar-refractivity contribution is -0.384. The third-order valence-corrected chi connectivity index (χ3v) is 2.76. The summed E-state index contributed by atoms with van der Waals surface area (Å²) < 4.78 is 5.02. The van der Waals surface area contributed by atoms with Gasteiger partial charge in [-0.05, 0) is 24.3 Å². The van der Waals surface area contributed by atoms with E-state index in [0.717, 1.165) is 0 Å². The Kier molecular flexibility index (Phi) is 4.52. The number of carbonyl (C=O) groups excluding carboxylic acids is 2. The number of nitrogens with zero attached hydrogens (tertiary/aromatic N) is 1. The molecule has 2 N–H and O–H groups in total. The third-order valence-electron chi connectivity index (χ3n) is 2.76. The summed E-state index contributed by atoms with van der Waals surface area (Å²) >= 11 is 0. The molecule has 0 aliphatic heterocycles. The molecule has 0 radical (unpaired) electrons. The van der Waals surface area contributed by atoms with E-state index in [1.807, 2.05) is 0 Å². The number of furan rings is 1. The minimum Gasteiger partial charge on any atom is -0.461 e. The van der Waals surface area contributed by atoms with E-state index in [1.54, 1.807) is 6.07 Å². The van der Waals surface area contributed by atoms with Gasteiger partial charge in [-0.3, -0.25) is 19.7 Å². The van der Waals surface area contributed by atoms with Crippen molar-refractivity contribution in [3.05, 3.63) is 58.5 Å². The van der Waals surface area contributed by atoms with Gasteiger partial charge in [0.05, 0.1) is 11.2 Å². The van der Waals surface area contributed by atoms with E-state index in [9.17, 15) is 19.7 Å². The Morgan fingerprint density at radius 3 is 2.41 bits per heavy atom. The van der Waals surface area contributed by atoms with Gasteiger partial charge in [0.2, 0.25) is 11.7 Å². The predicted molar refractivity (Wildman–Crippen MR) is 77.4 cm³/mol. The number of hydrogen-bond donors (Lipinski definition) is 2. The average molecular weight is 303 g/mol. The molecular formula is C14H13N3O5. The lowest BCUT2D eigenvalue weighted by atomic mass is 10.2. The lowest BCUT2D eigenvalue weighted by Gasteiger charge is -2.18. The third kappa shape index (κ3) is 3.69. The van der Waals surface area contributed by atoms with Crippen molar-refractivity contribution < 1.29 is 18.9 Å². The number of Topliss-reactive ketones (excluding diaryl/α,β-unsaturated/α-hetero) is 1. The number of non-ortho nitro benzene ring substituents is 1. The van der Waals surface area contributed by atoms with Crippen molar-refractivity contribution in [1.29, 1.82) is 0 Å². The van der Waals surface area contributed by atoms with Crippen LogP contribution in [0.15, 0.2) is 47.1 Å². The van der Waals surface area contributed by atoms with Crippen molar-refractivity contribution >= 4 is 23.1 Å². The first-order valence-corrected chi connectivity index (χ1v) is 6.33. The van der Waals surface area contributed by atoms with E-state index in [2.05, 4.69) is 10.6 Å². The molecule has 114 valence electrons. The molecule has 0 saturated heterocycles. The first kappa shape index (κ1) is 15.2. The van der Waals surface area contributed by atoms with Gasteiger partial charge in [0, 0.05) is 24.7 Å². The number of nitro benzene ring substituents is 1. The lowest BCUT2D eigenvalue weighted by Crippen LogP contribution is -2.45. The highest BCUT2D eigenvalue weighted by molar-refractivity contribution is 6.01. The maximum Gasteiger partial charge on any atom is 0.269 e. The second-order valence-electron chi connectivity index (χ2n) is 4.42. The van der Waals surface area contributed by atoms with Crippen LogP contribution in [-0.2, 0) is 4.79 Å². The monoisotopic (exact) mass is 303 g/mol. The fourth-order valence-electron chi connectivity index (χ4n) is 1.78. The highest BCUT2D eigenvalue weighted by Gasteiger charge is 2.23. The molecule has 1 heterocycles. The van der Waals surface area contributed by atoms with Crippen molar-refractivity contribution in [1.82, 2.24) is 5.32 Å². The molecule has 8 heteroatoms. The minimum atomic E-state index is -1.04. The zero-order valence-corrected chi connectivity index (χ0v) is 11.6. The fourth-order valence-corrected chi connectivity index (χ4v) is 1.78. The molecule has 8 nitrogen and oxygen atoms in total. The molecule has 0 unspecified atom stereocenters. The molecule has 0 saturated carbocycles. The molecule has 2 aromatic rings. The van der Waals surface area contributed by atoms with Crippen LogP contribution in [0.25, 0.3) is 0 Å². The number of anilines is 1. The molecular weight excluding hydrogens is 290 g/mol. The van der Waals surface area contributed by atoms with Gasteiger partial charge in [-0.2, -0.15) is 0 Å². The number of nitro groups is 1. The van der Waals surface area contributed by atoms with Crippen LogP contribution in [0, 0.1) is 10.1 Å². The van der Waals surface area contributed by atoms with Crippen LogP contribution in [-0.4, -0.2) is 22.8 Å². The number of rotatable bonds is 6. The van der Waals surface area contributed by atoms with E-state index in [-0.39, 0.29) is 11.4 Å². The first-order valence-electron chi connectivity index (χ1n) is 6.33. The molecule has 22 heavy (non-hydrogen) atoms. The summed E-state index contributed by atoms with van der Waals surface area (Å²) in [5.41, 5.74) is 0.378. The van der Waals surface area contributed by atoms with Crippen LogP contribution < -0.4 is 10.6 Å². The normalized spacial score (nSPS) is 11.5. The molecule has 0 spiro atoms. The molecule has 0 bridgehead atoms. The topological polar surface area (TPSA) is 114 Å². The number of ketones is 1. The van der Waals surface area contributed by atoms with Crippen LogP contribution >= 0.6 is 0 Å². The summed E-state index contributed by atoms with van der Waals surface area (Å²) in [6.45, 7) is 1.28. The summed E-state index contributed by atoms with van der Waals surface area (Å²) in [4.78, 5) is 33.6. The molecule has 2 rings (SSSR count). The average Bonchev–Trinajstić information content (AvgIpc) is 3.00. The van der Waals surface area contributed by atoms with Crippen molar-refractivity contribution in [3.63, 3.8) is 0 Å². The van der Waals surface area contributed by atoms with Gasteiger partial charge in [-0.15, -0.1) is 0 Å². The Morgan fingerprint density at radius 1 is 1.23 bits per heavy atom. The van der Waals surface area contributed by atoms with Crippen LogP contribution in [0.2, 0.25) is 0 Å². The maximum absolute atomic E-state index is 12.2. The molecule has 0 aliphatic carbocycles. The smallest absolute Gasteiger partial charge is 0.269 e. The van der Waals surface area contributed by atoms with Gasteiger partial charge in [0.25, 0.3) is 5.69 Å². The first-order chi connectivity index (χ1) is 10.5. The number of hydrogen-bond acceptors (Lipinski definition) is 6. The van der Waals surface area contributed by atoms with Gasteiger partial charge >= 0.3 is 0 Å². The number of benzene rings is 1. The zero-order chi connectivity index (χ0) is 16.1. The highest BCUT2D eigenvalue weighted by atomic mass is 16.6.